The Kier molecular flexibility index (Phi) is 3.86. The molecule has 3 aromatic rings. The van der Waals surface area contributed by atoms with Gasteiger partial charge in [-0.25, -0.2) is 0 Å². The van der Waals surface area contributed by atoms with Gasteiger partial charge in [-0.2, -0.15) is 0 Å². The minimum Gasteiger partial charge on any atom is -0.388 e. The summed E-state index contributed by atoms with van der Waals surface area (Å²) in [6.45, 7) is 0. The fraction of sp³-hybridized carbons (Fsp3) is 0.111. The molecule has 1 N–H and O–H groups in total. The minimum atomic E-state index is -0.488. The summed E-state index contributed by atoms with van der Waals surface area (Å²) in [4.78, 5) is 0. The third-order valence-corrected chi connectivity index (χ3v) is 4.30. The maximum Gasteiger partial charge on any atom is 0.0831 e. The Bertz CT molecular complexity index is 736. The van der Waals surface area contributed by atoms with E-state index in [1.54, 1.807) is 0 Å². The van der Waals surface area contributed by atoms with E-state index in [1.165, 1.54) is 5.39 Å². The first-order valence-electron chi connectivity index (χ1n) is 6.64. The molecule has 1 nitrogen and oxygen atoms in total. The molecule has 1 atom stereocenters. The number of benzene rings is 3. The van der Waals surface area contributed by atoms with Crippen LogP contribution in [-0.2, 0) is 6.42 Å². The lowest BCUT2D eigenvalue weighted by atomic mass is 9.99. The second-order valence-corrected chi connectivity index (χ2v) is 5.77. The van der Waals surface area contributed by atoms with Crippen molar-refractivity contribution in [2.24, 2.45) is 0 Å². The second-order valence-electron chi connectivity index (χ2n) is 4.92. The Labute approximate surface area is 127 Å². The van der Waals surface area contributed by atoms with Gasteiger partial charge in [-0.1, -0.05) is 70.5 Å². The Morgan fingerprint density at radius 3 is 2.35 bits per heavy atom. The molecule has 0 aromatic heterocycles. The van der Waals surface area contributed by atoms with Gasteiger partial charge in [0, 0.05) is 10.9 Å². The predicted octanol–water partition coefficient (Wildman–Crippen LogP) is 4.88. The largest absolute Gasteiger partial charge is 0.388 e. The van der Waals surface area contributed by atoms with Crippen molar-refractivity contribution in [1.29, 1.82) is 0 Å². The number of rotatable bonds is 3. The van der Waals surface area contributed by atoms with Gasteiger partial charge in [0.1, 0.15) is 0 Å². The highest BCUT2D eigenvalue weighted by Gasteiger charge is 2.10. The molecule has 0 radical (unpaired) electrons. The van der Waals surface area contributed by atoms with Gasteiger partial charge in [-0.3, -0.25) is 0 Å². The zero-order valence-electron chi connectivity index (χ0n) is 11.0. The molecule has 3 rings (SSSR count). The summed E-state index contributed by atoms with van der Waals surface area (Å²) in [6, 6.07) is 22.4. The highest BCUT2D eigenvalue weighted by Crippen LogP contribution is 2.26. The number of aliphatic hydroxyl groups is 1. The normalized spacial score (nSPS) is 12.5. The summed E-state index contributed by atoms with van der Waals surface area (Å²) in [5.41, 5.74) is 2.08. The van der Waals surface area contributed by atoms with Gasteiger partial charge < -0.3 is 5.11 Å². The van der Waals surface area contributed by atoms with Crippen molar-refractivity contribution in [3.05, 3.63) is 82.3 Å². The summed E-state index contributed by atoms with van der Waals surface area (Å²) < 4.78 is 1.04. The maximum atomic E-state index is 10.4. The molecule has 0 fully saturated rings. The molecule has 1 unspecified atom stereocenters. The van der Waals surface area contributed by atoms with Crippen molar-refractivity contribution in [2.75, 3.05) is 0 Å². The maximum absolute atomic E-state index is 10.4. The average Bonchev–Trinajstić information content (AvgIpc) is 2.49. The monoisotopic (exact) mass is 326 g/mol. The zero-order valence-corrected chi connectivity index (χ0v) is 12.5. The van der Waals surface area contributed by atoms with E-state index in [4.69, 9.17) is 0 Å². The smallest absolute Gasteiger partial charge is 0.0831 e. The van der Waals surface area contributed by atoms with Crippen molar-refractivity contribution >= 4 is 26.7 Å². The van der Waals surface area contributed by atoms with Crippen molar-refractivity contribution in [3.8, 4) is 0 Å². The highest BCUT2D eigenvalue weighted by atomic mass is 79.9. The first-order chi connectivity index (χ1) is 9.74. The van der Waals surface area contributed by atoms with Crippen LogP contribution in [-0.4, -0.2) is 5.11 Å². The van der Waals surface area contributed by atoms with E-state index < -0.39 is 6.10 Å². The Balaban J connectivity index is 1.89. The van der Waals surface area contributed by atoms with E-state index in [0.717, 1.165) is 21.0 Å². The van der Waals surface area contributed by atoms with Gasteiger partial charge >= 0.3 is 0 Å². The fourth-order valence-corrected chi connectivity index (χ4v) is 2.85. The van der Waals surface area contributed by atoms with Gasteiger partial charge in [0.15, 0.2) is 0 Å². The lowest BCUT2D eigenvalue weighted by molar-refractivity contribution is 0.178. The van der Waals surface area contributed by atoms with Crippen LogP contribution in [0.3, 0.4) is 0 Å². The van der Waals surface area contributed by atoms with Crippen LogP contribution in [0.4, 0.5) is 0 Å². The van der Waals surface area contributed by atoms with E-state index >= 15 is 0 Å². The van der Waals surface area contributed by atoms with Crippen molar-refractivity contribution < 1.29 is 5.11 Å². The van der Waals surface area contributed by atoms with E-state index in [1.807, 2.05) is 42.5 Å². The van der Waals surface area contributed by atoms with E-state index in [-0.39, 0.29) is 0 Å². The topological polar surface area (TPSA) is 20.2 Å². The molecule has 0 bridgehead atoms. The summed E-state index contributed by atoms with van der Waals surface area (Å²) in [6.07, 6.45) is 0.123. The number of aliphatic hydroxyl groups excluding tert-OH is 1. The number of hydrogen-bond acceptors (Lipinski definition) is 1. The first-order valence-corrected chi connectivity index (χ1v) is 7.43. The lowest BCUT2D eigenvalue weighted by Crippen LogP contribution is -2.02. The number of halogens is 1. The lowest BCUT2D eigenvalue weighted by Gasteiger charge is -2.13. The van der Waals surface area contributed by atoms with E-state index in [0.29, 0.717) is 6.42 Å². The standard InChI is InChI=1S/C18H15BrO/c19-17-8-4-3-7-15(17)12-18(20)16-10-9-13-5-1-2-6-14(13)11-16/h1-11,18,20H,12H2. The molecule has 100 valence electrons. The molecule has 2 heteroatoms. The summed E-state index contributed by atoms with van der Waals surface area (Å²) in [7, 11) is 0. The molecule has 0 heterocycles. The molecular weight excluding hydrogens is 312 g/mol. The molecule has 0 spiro atoms. The molecule has 0 amide bonds. The van der Waals surface area contributed by atoms with Crippen LogP contribution >= 0.6 is 15.9 Å². The third-order valence-electron chi connectivity index (χ3n) is 3.53. The SMILES string of the molecule is OC(Cc1ccccc1Br)c1ccc2ccccc2c1. The molecular formula is C18H15BrO. The van der Waals surface area contributed by atoms with Gasteiger partial charge in [0.2, 0.25) is 0 Å². The molecule has 3 aromatic carbocycles. The van der Waals surface area contributed by atoms with Gasteiger partial charge in [-0.15, -0.1) is 0 Å². The molecule has 0 saturated carbocycles. The summed E-state index contributed by atoms with van der Waals surface area (Å²) in [5, 5.41) is 12.8. The van der Waals surface area contributed by atoms with Crippen LogP contribution in [0.5, 0.6) is 0 Å². The zero-order chi connectivity index (χ0) is 13.9. The van der Waals surface area contributed by atoms with Crippen molar-refractivity contribution in [3.63, 3.8) is 0 Å². The van der Waals surface area contributed by atoms with Crippen molar-refractivity contribution in [2.45, 2.75) is 12.5 Å². The molecule has 0 aliphatic carbocycles. The van der Waals surface area contributed by atoms with Crippen molar-refractivity contribution in [1.82, 2.24) is 0 Å². The van der Waals surface area contributed by atoms with E-state index in [2.05, 4.69) is 40.2 Å². The first kappa shape index (κ1) is 13.3. The third kappa shape index (κ3) is 2.77. The Morgan fingerprint density at radius 1 is 0.850 bits per heavy atom. The van der Waals surface area contributed by atoms with Crippen LogP contribution in [0.25, 0.3) is 10.8 Å². The quantitative estimate of drug-likeness (QED) is 0.727. The Morgan fingerprint density at radius 2 is 1.55 bits per heavy atom. The summed E-state index contributed by atoms with van der Waals surface area (Å²) in [5.74, 6) is 0. The molecule has 0 aliphatic rings. The van der Waals surface area contributed by atoms with Gasteiger partial charge in [0.05, 0.1) is 6.10 Å². The number of hydrogen-bond donors (Lipinski definition) is 1. The van der Waals surface area contributed by atoms with Crippen LogP contribution in [0.1, 0.15) is 17.2 Å². The average molecular weight is 327 g/mol. The van der Waals surface area contributed by atoms with Crippen LogP contribution in [0.15, 0.2) is 71.2 Å². The van der Waals surface area contributed by atoms with Crippen LogP contribution in [0.2, 0.25) is 0 Å². The minimum absolute atomic E-state index is 0.488. The predicted molar refractivity (Wildman–Crippen MR) is 86.8 cm³/mol. The second kappa shape index (κ2) is 5.78. The Hall–Kier alpha value is -1.64. The molecule has 0 saturated heterocycles. The van der Waals surface area contributed by atoms with Crippen LogP contribution < -0.4 is 0 Å². The van der Waals surface area contributed by atoms with Gasteiger partial charge in [0.25, 0.3) is 0 Å². The molecule has 0 aliphatic heterocycles. The van der Waals surface area contributed by atoms with Crippen LogP contribution in [0, 0.1) is 0 Å². The number of fused-ring (bicyclic) bond motifs is 1. The van der Waals surface area contributed by atoms with E-state index in [9.17, 15) is 5.11 Å². The summed E-state index contributed by atoms with van der Waals surface area (Å²) >= 11 is 3.53. The highest BCUT2D eigenvalue weighted by molar-refractivity contribution is 9.10. The van der Waals surface area contributed by atoms with Gasteiger partial charge in [-0.05, 0) is 34.0 Å². The fourth-order valence-electron chi connectivity index (χ4n) is 2.41. The molecule has 20 heavy (non-hydrogen) atoms.